The van der Waals surface area contributed by atoms with Crippen LogP contribution >= 0.6 is 11.6 Å². The lowest BCUT2D eigenvalue weighted by Gasteiger charge is -2.36. The molecule has 0 atom stereocenters. The first-order valence-corrected chi connectivity index (χ1v) is 15.9. The van der Waals surface area contributed by atoms with Crippen molar-refractivity contribution in [3.05, 3.63) is 70.1 Å². The van der Waals surface area contributed by atoms with E-state index in [0.717, 1.165) is 31.4 Å². The maximum absolute atomic E-state index is 13.6. The Balaban J connectivity index is 1.23. The minimum Gasteiger partial charge on any atom is -0.497 e. The lowest BCUT2D eigenvalue weighted by molar-refractivity contribution is 0.205. The van der Waals surface area contributed by atoms with Crippen LogP contribution in [0.3, 0.4) is 0 Å². The van der Waals surface area contributed by atoms with Crippen LogP contribution in [0.4, 0.5) is 5.69 Å². The van der Waals surface area contributed by atoms with E-state index in [-0.39, 0.29) is 23.2 Å². The summed E-state index contributed by atoms with van der Waals surface area (Å²) in [5.74, 6) is 1.64. The third-order valence-electron chi connectivity index (χ3n) is 7.40. The van der Waals surface area contributed by atoms with Crippen LogP contribution in [0.25, 0.3) is 5.69 Å². The van der Waals surface area contributed by atoms with Gasteiger partial charge in [-0.25, -0.2) is 8.42 Å². The first kappa shape index (κ1) is 29.2. The van der Waals surface area contributed by atoms with E-state index < -0.39 is 10.0 Å². The first-order valence-electron chi connectivity index (χ1n) is 13.9. The molecule has 220 valence electrons. The number of benzene rings is 2. The second kappa shape index (κ2) is 13.1. The van der Waals surface area contributed by atoms with Crippen molar-refractivity contribution in [1.29, 1.82) is 0 Å². The average molecular weight is 603 g/mol. The maximum atomic E-state index is 13.6. The molecule has 0 bridgehead atoms. The quantitative estimate of drug-likeness (QED) is 0.302. The topological polar surface area (TPSA) is 103 Å². The molecule has 0 radical (unpaired) electrons. The number of sulfonamides is 1. The Hall–Kier alpha value is -3.28. The van der Waals surface area contributed by atoms with Gasteiger partial charge in [0.25, 0.3) is 0 Å². The van der Waals surface area contributed by atoms with Gasteiger partial charge in [0, 0.05) is 31.2 Å². The highest BCUT2D eigenvalue weighted by Crippen LogP contribution is 2.30. The van der Waals surface area contributed by atoms with Crippen LogP contribution in [0, 0.1) is 0 Å². The van der Waals surface area contributed by atoms with Gasteiger partial charge >= 0.3 is 5.56 Å². The zero-order valence-corrected chi connectivity index (χ0v) is 24.6. The van der Waals surface area contributed by atoms with Gasteiger partial charge in [-0.05, 0) is 74.6 Å². The van der Waals surface area contributed by atoms with Crippen molar-refractivity contribution in [3.63, 3.8) is 0 Å². The molecule has 0 N–H and O–H groups in total. The molecule has 12 heteroatoms. The molecule has 1 aromatic heterocycles. The van der Waals surface area contributed by atoms with E-state index in [9.17, 15) is 13.2 Å². The van der Waals surface area contributed by atoms with Crippen molar-refractivity contribution < 1.29 is 22.6 Å². The highest BCUT2D eigenvalue weighted by molar-refractivity contribution is 7.89. The fourth-order valence-electron chi connectivity index (χ4n) is 5.17. The van der Waals surface area contributed by atoms with Crippen molar-refractivity contribution in [3.8, 4) is 22.9 Å². The van der Waals surface area contributed by atoms with Gasteiger partial charge in [0.2, 0.25) is 15.8 Å². The molecule has 41 heavy (non-hydrogen) atoms. The Morgan fingerprint density at radius 3 is 2.39 bits per heavy atom. The molecule has 2 heterocycles. The van der Waals surface area contributed by atoms with Gasteiger partial charge in [-0.2, -0.15) is 14.1 Å². The Labute approximate surface area is 245 Å². The van der Waals surface area contributed by atoms with E-state index in [1.54, 1.807) is 61.8 Å². The van der Waals surface area contributed by atoms with Crippen molar-refractivity contribution in [2.45, 2.75) is 38.2 Å². The minimum absolute atomic E-state index is 0.00354. The van der Waals surface area contributed by atoms with E-state index in [0.29, 0.717) is 61.4 Å². The molecule has 5 rings (SSSR count). The van der Waals surface area contributed by atoms with Gasteiger partial charge in [-0.15, -0.1) is 0 Å². The van der Waals surface area contributed by atoms with Crippen molar-refractivity contribution in [2.24, 2.45) is 0 Å². The Bertz CT molecular complexity index is 1480. The first-order chi connectivity index (χ1) is 19.8. The van der Waals surface area contributed by atoms with Crippen LogP contribution in [0.2, 0.25) is 5.02 Å². The van der Waals surface area contributed by atoms with Gasteiger partial charge in [0.05, 0.1) is 37.5 Å². The largest absolute Gasteiger partial charge is 0.497 e. The summed E-state index contributed by atoms with van der Waals surface area (Å²) in [5.41, 5.74) is 0.783. The molecule has 0 amide bonds. The smallest absolute Gasteiger partial charge is 0.316 e. The SMILES string of the molecule is COc1ccc(OCCCS(=O)(=O)N2CCN(c3cnn(-c4cccc(Cl)c4)c(=O)c3OC3CCCC3)CC2)cc1. The number of nitrogens with zero attached hydrogens (tertiary/aromatic N) is 4. The van der Waals surface area contributed by atoms with Gasteiger partial charge < -0.3 is 19.1 Å². The number of ether oxygens (including phenoxy) is 3. The van der Waals surface area contributed by atoms with Gasteiger partial charge in [0.15, 0.2) is 0 Å². The molecule has 2 fully saturated rings. The summed E-state index contributed by atoms with van der Waals surface area (Å²) in [6.07, 6.45) is 5.90. The molecule has 2 aromatic carbocycles. The summed E-state index contributed by atoms with van der Waals surface area (Å²) in [7, 11) is -1.86. The fraction of sp³-hybridized carbons (Fsp3) is 0.448. The van der Waals surface area contributed by atoms with Crippen LogP contribution in [0.1, 0.15) is 32.1 Å². The van der Waals surface area contributed by atoms with Crippen molar-refractivity contribution in [2.75, 3.05) is 50.5 Å². The van der Waals surface area contributed by atoms with Crippen LogP contribution in [0.15, 0.2) is 59.5 Å². The van der Waals surface area contributed by atoms with E-state index >= 15 is 0 Å². The van der Waals surface area contributed by atoms with Gasteiger partial charge in [-0.3, -0.25) is 4.79 Å². The normalized spacial score (nSPS) is 16.6. The predicted octanol–water partition coefficient (Wildman–Crippen LogP) is 4.14. The molecule has 1 saturated heterocycles. The summed E-state index contributed by atoms with van der Waals surface area (Å²) >= 11 is 6.16. The van der Waals surface area contributed by atoms with E-state index in [1.165, 1.54) is 8.99 Å². The van der Waals surface area contributed by atoms with Gasteiger partial charge in [-0.1, -0.05) is 17.7 Å². The van der Waals surface area contributed by atoms with Crippen molar-refractivity contribution >= 4 is 27.3 Å². The molecule has 1 saturated carbocycles. The van der Waals surface area contributed by atoms with E-state index in [2.05, 4.69) is 5.10 Å². The Kier molecular flexibility index (Phi) is 9.36. The van der Waals surface area contributed by atoms with Crippen molar-refractivity contribution in [1.82, 2.24) is 14.1 Å². The number of rotatable bonds is 11. The number of hydrogen-bond acceptors (Lipinski definition) is 8. The molecule has 0 spiro atoms. The lowest BCUT2D eigenvalue weighted by atomic mass is 10.2. The zero-order chi connectivity index (χ0) is 28.8. The number of halogens is 1. The Morgan fingerprint density at radius 1 is 1.00 bits per heavy atom. The van der Waals surface area contributed by atoms with Crippen LogP contribution in [0.5, 0.6) is 17.2 Å². The van der Waals surface area contributed by atoms with Crippen LogP contribution < -0.4 is 24.7 Å². The lowest BCUT2D eigenvalue weighted by Crippen LogP contribution is -2.50. The molecule has 1 aliphatic heterocycles. The Morgan fingerprint density at radius 2 is 1.71 bits per heavy atom. The monoisotopic (exact) mass is 602 g/mol. The third-order valence-corrected chi connectivity index (χ3v) is 9.59. The molecular formula is C29H35ClN4O6S. The highest BCUT2D eigenvalue weighted by Gasteiger charge is 2.30. The fourth-order valence-corrected chi connectivity index (χ4v) is 6.81. The zero-order valence-electron chi connectivity index (χ0n) is 23.1. The average Bonchev–Trinajstić information content (AvgIpc) is 3.50. The molecule has 1 aliphatic carbocycles. The number of hydrogen-bond donors (Lipinski definition) is 0. The van der Waals surface area contributed by atoms with Crippen LogP contribution in [-0.4, -0.2) is 74.3 Å². The van der Waals surface area contributed by atoms with E-state index in [4.69, 9.17) is 25.8 Å². The predicted molar refractivity (Wildman–Crippen MR) is 158 cm³/mol. The molecular weight excluding hydrogens is 568 g/mol. The number of methoxy groups -OCH3 is 1. The van der Waals surface area contributed by atoms with E-state index in [1.807, 2.05) is 4.90 Å². The molecule has 3 aromatic rings. The molecule has 0 unspecified atom stereocenters. The summed E-state index contributed by atoms with van der Waals surface area (Å²) < 4.78 is 46.0. The summed E-state index contributed by atoms with van der Waals surface area (Å²) in [6.45, 7) is 1.75. The maximum Gasteiger partial charge on any atom is 0.316 e. The summed E-state index contributed by atoms with van der Waals surface area (Å²) in [6, 6.07) is 14.1. The minimum atomic E-state index is -3.46. The number of anilines is 1. The molecule has 2 aliphatic rings. The number of piperazine rings is 1. The van der Waals surface area contributed by atoms with Crippen LogP contribution in [-0.2, 0) is 10.0 Å². The third kappa shape index (κ3) is 7.14. The standard InChI is InChI=1S/C29H35ClN4O6S/c1-38-24-10-12-25(13-11-24)39-18-5-19-41(36,37)33-16-14-32(15-17-33)27-21-31-34(23-7-4-6-22(30)20-23)29(35)28(27)40-26-8-2-3-9-26/h4,6-7,10-13,20-21,26H,2-3,5,8-9,14-19H2,1H3. The van der Waals surface area contributed by atoms with Gasteiger partial charge in [0.1, 0.15) is 17.2 Å². The summed E-state index contributed by atoms with van der Waals surface area (Å²) in [5, 5.41) is 4.93. The second-order valence-corrected chi connectivity index (χ2v) is 12.7. The number of aromatic nitrogens is 2. The summed E-state index contributed by atoms with van der Waals surface area (Å²) in [4.78, 5) is 15.6. The second-order valence-electron chi connectivity index (χ2n) is 10.2. The highest BCUT2D eigenvalue weighted by atomic mass is 35.5. The molecule has 10 nitrogen and oxygen atoms in total.